The van der Waals surface area contributed by atoms with Crippen LogP contribution in [0.15, 0.2) is 48.6 Å². The molecule has 61 heavy (non-hydrogen) atoms. The number of allylic oxidation sites excluding steroid dienone is 8. The third-order valence-corrected chi connectivity index (χ3v) is 11.9. The van der Waals surface area contributed by atoms with Crippen molar-refractivity contribution >= 4 is 11.9 Å². The highest BCUT2D eigenvalue weighted by Crippen LogP contribution is 2.17. The number of hydrogen-bond donors (Lipinski definition) is 3. The highest BCUT2D eigenvalue weighted by molar-refractivity contribution is 5.77. The van der Waals surface area contributed by atoms with Gasteiger partial charge in [0.1, 0.15) is 6.10 Å². The summed E-state index contributed by atoms with van der Waals surface area (Å²) in [6, 6.07) is -0.720. The SMILES string of the molecule is CCCCCCCC/C=C\C/C=C/CCC(=O)OC(CCCCC/C=C/C=C/CCCCCCCCC)CC(=O)NC(CO)C(O)CCCCCCCCCCCCCCC. The van der Waals surface area contributed by atoms with Gasteiger partial charge >= 0.3 is 5.97 Å². The normalized spacial score (nSPS) is 13.6. The lowest BCUT2D eigenvalue weighted by atomic mass is 10.0. The van der Waals surface area contributed by atoms with Gasteiger partial charge in [0.25, 0.3) is 0 Å². The van der Waals surface area contributed by atoms with Crippen molar-refractivity contribution in [1.82, 2.24) is 5.32 Å². The minimum Gasteiger partial charge on any atom is -0.462 e. The molecule has 356 valence electrons. The van der Waals surface area contributed by atoms with E-state index in [-0.39, 0.29) is 31.3 Å². The van der Waals surface area contributed by atoms with E-state index in [2.05, 4.69) is 68.6 Å². The number of carbonyl (C=O) groups is 2. The number of carbonyl (C=O) groups excluding carboxylic acids is 2. The molecule has 0 aliphatic rings. The largest absolute Gasteiger partial charge is 0.462 e. The van der Waals surface area contributed by atoms with Gasteiger partial charge in [-0.25, -0.2) is 0 Å². The molecule has 0 bridgehead atoms. The zero-order valence-electron chi connectivity index (χ0n) is 40.5. The Kier molecular flexibility index (Phi) is 47.1. The molecule has 0 aliphatic heterocycles. The smallest absolute Gasteiger partial charge is 0.306 e. The Bertz CT molecular complexity index is 1050. The first-order chi connectivity index (χ1) is 30.0. The molecule has 0 aromatic rings. The molecule has 1 amide bonds. The third-order valence-electron chi connectivity index (χ3n) is 11.9. The molecule has 0 fully saturated rings. The topological polar surface area (TPSA) is 95.9 Å². The predicted molar refractivity (Wildman–Crippen MR) is 264 cm³/mol. The fourth-order valence-electron chi connectivity index (χ4n) is 7.89. The van der Waals surface area contributed by atoms with Crippen LogP contribution in [0.3, 0.4) is 0 Å². The third kappa shape index (κ3) is 44.2. The lowest BCUT2D eigenvalue weighted by molar-refractivity contribution is -0.150. The number of amides is 1. The summed E-state index contributed by atoms with van der Waals surface area (Å²) in [5, 5.41) is 23.8. The van der Waals surface area contributed by atoms with Crippen molar-refractivity contribution in [1.29, 1.82) is 0 Å². The highest BCUT2D eigenvalue weighted by atomic mass is 16.5. The Labute approximate surface area is 378 Å². The van der Waals surface area contributed by atoms with Gasteiger partial charge in [0.05, 0.1) is 25.2 Å². The molecule has 0 aromatic heterocycles. The molecule has 0 saturated heterocycles. The van der Waals surface area contributed by atoms with Gasteiger partial charge in [0, 0.05) is 6.42 Å². The van der Waals surface area contributed by atoms with Gasteiger partial charge in [-0.3, -0.25) is 9.59 Å². The Balaban J connectivity index is 4.69. The van der Waals surface area contributed by atoms with Gasteiger partial charge < -0.3 is 20.3 Å². The number of esters is 1. The highest BCUT2D eigenvalue weighted by Gasteiger charge is 2.24. The van der Waals surface area contributed by atoms with E-state index in [1.54, 1.807) is 0 Å². The fourth-order valence-corrected chi connectivity index (χ4v) is 7.89. The van der Waals surface area contributed by atoms with E-state index in [0.717, 1.165) is 64.2 Å². The molecule has 3 atom stereocenters. The van der Waals surface area contributed by atoms with E-state index in [0.29, 0.717) is 19.3 Å². The molecule has 0 aliphatic carbocycles. The zero-order chi connectivity index (χ0) is 44.5. The quantitative estimate of drug-likeness (QED) is 0.0245. The first-order valence-corrected chi connectivity index (χ1v) is 26.4. The number of hydrogen-bond acceptors (Lipinski definition) is 5. The number of unbranched alkanes of at least 4 members (excludes halogenated alkanes) is 28. The van der Waals surface area contributed by atoms with Crippen molar-refractivity contribution in [3.8, 4) is 0 Å². The van der Waals surface area contributed by atoms with Crippen LogP contribution in [-0.4, -0.2) is 46.9 Å². The van der Waals surface area contributed by atoms with Gasteiger partial charge in [-0.2, -0.15) is 0 Å². The van der Waals surface area contributed by atoms with Crippen LogP contribution in [0.1, 0.15) is 265 Å². The summed E-state index contributed by atoms with van der Waals surface area (Å²) in [4.78, 5) is 26.1. The van der Waals surface area contributed by atoms with Crippen LogP contribution in [0.4, 0.5) is 0 Å². The Morgan fingerprint density at radius 3 is 1.36 bits per heavy atom. The molecule has 3 N–H and O–H groups in total. The number of aliphatic hydroxyl groups is 2. The molecule has 0 radical (unpaired) electrons. The molecular formula is C55H101NO5. The molecule has 0 rings (SSSR count). The van der Waals surface area contributed by atoms with Crippen molar-refractivity contribution in [2.24, 2.45) is 0 Å². The maximum absolute atomic E-state index is 13.2. The Morgan fingerprint density at radius 1 is 0.492 bits per heavy atom. The van der Waals surface area contributed by atoms with Crippen LogP contribution in [0.2, 0.25) is 0 Å². The van der Waals surface area contributed by atoms with E-state index < -0.39 is 18.2 Å². The van der Waals surface area contributed by atoms with Gasteiger partial charge in [-0.1, -0.05) is 230 Å². The lowest BCUT2D eigenvalue weighted by Crippen LogP contribution is -2.46. The minimum absolute atomic E-state index is 0.0381. The maximum Gasteiger partial charge on any atom is 0.306 e. The standard InChI is InChI=1S/C55H101NO5/c1-4-7-10-13-16-19-22-25-26-27-30-31-34-37-40-43-46-51(61-55(60)48-45-42-39-36-33-29-24-21-18-15-12-9-6-3)49-54(59)56-52(50-57)53(58)47-44-41-38-35-32-28-23-20-17-14-11-8-5-2/h26-27,29-31,33,39,42,51-53,57-58H,4-25,28,32,34-38,40-41,43-50H2,1-3H3,(H,56,59)/b27-26+,31-30+,33-29-,42-39+. The molecule has 6 heteroatoms. The number of ether oxygens (including phenoxy) is 1. The Hall–Kier alpha value is -2.18. The van der Waals surface area contributed by atoms with Gasteiger partial charge in [0.2, 0.25) is 5.91 Å². The van der Waals surface area contributed by atoms with Crippen LogP contribution in [-0.2, 0) is 14.3 Å². The average molecular weight is 856 g/mol. The van der Waals surface area contributed by atoms with Crippen LogP contribution in [0.25, 0.3) is 0 Å². The van der Waals surface area contributed by atoms with Crippen molar-refractivity contribution < 1.29 is 24.5 Å². The van der Waals surface area contributed by atoms with Gasteiger partial charge in [-0.15, -0.1) is 0 Å². The van der Waals surface area contributed by atoms with Crippen molar-refractivity contribution in [3.05, 3.63) is 48.6 Å². The summed E-state index contributed by atoms with van der Waals surface area (Å²) in [7, 11) is 0. The van der Waals surface area contributed by atoms with E-state index in [1.165, 1.54) is 148 Å². The van der Waals surface area contributed by atoms with Gasteiger partial charge in [0.15, 0.2) is 0 Å². The van der Waals surface area contributed by atoms with E-state index in [9.17, 15) is 19.8 Å². The second kappa shape index (κ2) is 48.8. The van der Waals surface area contributed by atoms with Crippen LogP contribution >= 0.6 is 0 Å². The van der Waals surface area contributed by atoms with Crippen molar-refractivity contribution in [2.75, 3.05) is 6.61 Å². The van der Waals surface area contributed by atoms with E-state index >= 15 is 0 Å². The number of aliphatic hydroxyl groups excluding tert-OH is 2. The lowest BCUT2D eigenvalue weighted by Gasteiger charge is -2.24. The minimum atomic E-state index is -0.803. The Morgan fingerprint density at radius 2 is 0.885 bits per heavy atom. The van der Waals surface area contributed by atoms with Crippen LogP contribution < -0.4 is 5.32 Å². The summed E-state index contributed by atoms with van der Waals surface area (Å²) >= 11 is 0. The van der Waals surface area contributed by atoms with Crippen molar-refractivity contribution in [2.45, 2.75) is 283 Å². The molecule has 3 unspecified atom stereocenters. The first-order valence-electron chi connectivity index (χ1n) is 26.4. The molecule has 6 nitrogen and oxygen atoms in total. The second-order valence-electron chi connectivity index (χ2n) is 17.9. The molecular weight excluding hydrogens is 755 g/mol. The summed E-state index contributed by atoms with van der Waals surface area (Å²) < 4.78 is 5.89. The number of rotatable bonds is 47. The summed E-state index contributed by atoms with van der Waals surface area (Å²) in [6.45, 7) is 6.46. The molecule has 0 aromatic carbocycles. The number of nitrogens with one attached hydrogen (secondary N) is 1. The van der Waals surface area contributed by atoms with Crippen molar-refractivity contribution in [3.63, 3.8) is 0 Å². The van der Waals surface area contributed by atoms with E-state index in [4.69, 9.17) is 4.74 Å². The summed E-state index contributed by atoms with van der Waals surface area (Å²) in [6.07, 6.45) is 58.9. The van der Waals surface area contributed by atoms with Crippen LogP contribution in [0, 0.1) is 0 Å². The fraction of sp³-hybridized carbons (Fsp3) is 0.818. The molecule has 0 spiro atoms. The molecule has 0 saturated carbocycles. The first kappa shape index (κ1) is 58.8. The molecule has 0 heterocycles. The van der Waals surface area contributed by atoms with Crippen LogP contribution in [0.5, 0.6) is 0 Å². The summed E-state index contributed by atoms with van der Waals surface area (Å²) in [5.74, 6) is -0.575. The monoisotopic (exact) mass is 856 g/mol. The second-order valence-corrected chi connectivity index (χ2v) is 17.9. The van der Waals surface area contributed by atoms with E-state index in [1.807, 2.05) is 6.08 Å². The predicted octanol–water partition coefficient (Wildman–Crippen LogP) is 15.8. The maximum atomic E-state index is 13.2. The zero-order valence-corrected chi connectivity index (χ0v) is 40.5. The summed E-state index contributed by atoms with van der Waals surface area (Å²) in [5.41, 5.74) is 0. The average Bonchev–Trinajstić information content (AvgIpc) is 3.25. The van der Waals surface area contributed by atoms with Gasteiger partial charge in [-0.05, 0) is 70.6 Å².